The SMILES string of the molecule is O=C(O)c1cc(C(=O)O)c(C(=O)N(Cc2cccc(C=NOCc3c(F)c(F)c(F)c(F)c3F)c2)[C@H]2CCCc3ccccc32)cc1C(=O)O. The molecule has 0 aliphatic heterocycles. The number of hydrogen-bond donors (Lipinski definition) is 3. The summed E-state index contributed by atoms with van der Waals surface area (Å²) in [5, 5.41) is 32.7. The van der Waals surface area contributed by atoms with Crippen molar-refractivity contribution >= 4 is 30.0 Å². The molecule has 1 aliphatic carbocycles. The number of carbonyl (C=O) groups excluding carboxylic acids is 1. The van der Waals surface area contributed by atoms with Crippen LogP contribution in [0.3, 0.4) is 0 Å². The van der Waals surface area contributed by atoms with Crippen molar-refractivity contribution in [1.29, 1.82) is 0 Å². The largest absolute Gasteiger partial charge is 0.478 e. The number of aryl methyl sites for hydroxylation is 1. The number of aromatic carboxylic acids is 3. The van der Waals surface area contributed by atoms with Crippen LogP contribution in [0.1, 0.15) is 88.1 Å². The first kappa shape index (κ1) is 35.2. The van der Waals surface area contributed by atoms with Gasteiger partial charge in [-0.05, 0) is 59.7 Å². The maximum Gasteiger partial charge on any atom is 0.336 e. The van der Waals surface area contributed by atoms with Crippen molar-refractivity contribution in [3.05, 3.63) is 140 Å². The van der Waals surface area contributed by atoms with E-state index in [9.17, 15) is 56.4 Å². The topological polar surface area (TPSA) is 154 Å². The van der Waals surface area contributed by atoms with Gasteiger partial charge in [-0.25, -0.2) is 36.3 Å². The molecule has 0 saturated carbocycles. The molecular formula is C35H25F5N2O8. The van der Waals surface area contributed by atoms with Crippen LogP contribution in [0, 0.1) is 29.1 Å². The fourth-order valence-corrected chi connectivity index (χ4v) is 5.78. The first-order valence-corrected chi connectivity index (χ1v) is 14.8. The normalized spacial score (nSPS) is 13.9. The summed E-state index contributed by atoms with van der Waals surface area (Å²) in [7, 11) is 0. The predicted molar refractivity (Wildman–Crippen MR) is 164 cm³/mol. The van der Waals surface area contributed by atoms with Crippen molar-refractivity contribution in [2.45, 2.75) is 38.5 Å². The molecule has 0 unspecified atom stereocenters. The van der Waals surface area contributed by atoms with Gasteiger partial charge in [0.15, 0.2) is 23.3 Å². The number of carboxylic acid groups (broad SMARTS) is 3. The summed E-state index contributed by atoms with van der Waals surface area (Å²) in [5.41, 5.74) is -1.56. The Hall–Kier alpha value is -6.12. The third kappa shape index (κ3) is 7.02. The summed E-state index contributed by atoms with van der Waals surface area (Å²) < 4.78 is 68.3. The Morgan fingerprint density at radius 3 is 1.98 bits per heavy atom. The molecule has 10 nitrogen and oxygen atoms in total. The Labute approximate surface area is 279 Å². The minimum Gasteiger partial charge on any atom is -0.478 e. The molecule has 4 aromatic carbocycles. The lowest BCUT2D eigenvalue weighted by Crippen LogP contribution is -2.37. The fourth-order valence-electron chi connectivity index (χ4n) is 5.78. The first-order chi connectivity index (χ1) is 23.8. The van der Waals surface area contributed by atoms with Gasteiger partial charge in [-0.15, -0.1) is 0 Å². The summed E-state index contributed by atoms with van der Waals surface area (Å²) in [6, 6.07) is 14.3. The highest BCUT2D eigenvalue weighted by Gasteiger charge is 2.34. The average molecular weight is 697 g/mol. The number of nitrogens with zero attached hydrogens (tertiary/aromatic N) is 2. The predicted octanol–water partition coefficient (Wildman–Crippen LogP) is 6.75. The van der Waals surface area contributed by atoms with Crippen molar-refractivity contribution in [2.75, 3.05) is 0 Å². The van der Waals surface area contributed by atoms with Gasteiger partial charge in [0.05, 0.1) is 40.1 Å². The number of carboxylic acids is 3. The molecular weight excluding hydrogens is 671 g/mol. The van der Waals surface area contributed by atoms with Crippen molar-refractivity contribution < 1.29 is 61.3 Å². The third-order valence-electron chi connectivity index (χ3n) is 8.14. The van der Waals surface area contributed by atoms with E-state index in [2.05, 4.69) is 5.16 Å². The van der Waals surface area contributed by atoms with Gasteiger partial charge in [0, 0.05) is 6.54 Å². The minimum absolute atomic E-state index is 0.160. The first-order valence-electron chi connectivity index (χ1n) is 14.8. The highest BCUT2D eigenvalue weighted by molar-refractivity contribution is 6.10. The Kier molecular flexibility index (Phi) is 10.2. The second-order valence-corrected chi connectivity index (χ2v) is 11.2. The van der Waals surface area contributed by atoms with Gasteiger partial charge < -0.3 is 25.1 Å². The summed E-state index contributed by atoms with van der Waals surface area (Å²) in [4.78, 5) is 56.5. The minimum atomic E-state index is -2.31. The zero-order valence-electron chi connectivity index (χ0n) is 25.6. The van der Waals surface area contributed by atoms with Gasteiger partial charge in [0.2, 0.25) is 5.82 Å². The maximum atomic E-state index is 14.3. The second-order valence-electron chi connectivity index (χ2n) is 11.2. The van der Waals surface area contributed by atoms with Crippen LogP contribution >= 0.6 is 0 Å². The van der Waals surface area contributed by atoms with E-state index in [1.807, 2.05) is 18.2 Å². The van der Waals surface area contributed by atoms with Crippen molar-refractivity contribution in [3.8, 4) is 0 Å². The van der Waals surface area contributed by atoms with E-state index in [0.717, 1.165) is 23.4 Å². The van der Waals surface area contributed by atoms with E-state index in [0.29, 0.717) is 36.5 Å². The highest BCUT2D eigenvalue weighted by atomic mass is 19.2. The van der Waals surface area contributed by atoms with E-state index in [1.54, 1.807) is 18.2 Å². The Balaban J connectivity index is 1.49. The molecule has 0 radical (unpaired) electrons. The van der Waals surface area contributed by atoms with Crippen molar-refractivity contribution in [3.63, 3.8) is 0 Å². The lowest BCUT2D eigenvalue weighted by atomic mass is 9.86. The fraction of sp³-hybridized carbons (Fsp3) is 0.171. The van der Waals surface area contributed by atoms with E-state index in [-0.39, 0.29) is 6.54 Å². The lowest BCUT2D eigenvalue weighted by Gasteiger charge is -2.36. The van der Waals surface area contributed by atoms with Crippen LogP contribution in [0.5, 0.6) is 0 Å². The van der Waals surface area contributed by atoms with E-state index in [1.165, 1.54) is 17.0 Å². The van der Waals surface area contributed by atoms with E-state index >= 15 is 0 Å². The van der Waals surface area contributed by atoms with Gasteiger partial charge in [0.1, 0.15) is 6.61 Å². The second kappa shape index (κ2) is 14.6. The number of hydrogen-bond acceptors (Lipinski definition) is 6. The smallest absolute Gasteiger partial charge is 0.336 e. The molecule has 4 aromatic rings. The van der Waals surface area contributed by atoms with Gasteiger partial charge in [-0.3, -0.25) is 4.79 Å². The van der Waals surface area contributed by atoms with Gasteiger partial charge in [0.25, 0.3) is 5.91 Å². The van der Waals surface area contributed by atoms with Crippen LogP contribution in [0.25, 0.3) is 0 Å². The molecule has 1 amide bonds. The zero-order chi connectivity index (χ0) is 36.3. The quantitative estimate of drug-likeness (QED) is 0.0512. The standard InChI is InChI=1S/C35H25F5N2O8/c36-27-25(28(37)30(39)31(40)29(27)38)16-50-41-14-17-5-3-6-18(11-17)15-42(26-10-4-8-19-7-1-2-9-20(19)26)32(43)21-12-23(34(46)47)24(35(48)49)13-22(21)33(44)45/h1-3,5-7,9,11-14,26H,4,8,10,15-16H2,(H,44,45)(H,46,47)(H,48,49)/t26-/m0/s1. The molecule has 0 saturated heterocycles. The molecule has 1 atom stereocenters. The van der Waals surface area contributed by atoms with Crippen LogP contribution in [-0.4, -0.2) is 50.2 Å². The van der Waals surface area contributed by atoms with Crippen molar-refractivity contribution in [1.82, 2.24) is 4.90 Å². The highest BCUT2D eigenvalue weighted by Crippen LogP contribution is 2.37. The maximum absolute atomic E-state index is 14.3. The molecule has 1 aliphatic rings. The van der Waals surface area contributed by atoms with Crippen LogP contribution in [0.15, 0.2) is 65.8 Å². The van der Waals surface area contributed by atoms with Gasteiger partial charge >= 0.3 is 17.9 Å². The molecule has 0 aromatic heterocycles. The van der Waals surface area contributed by atoms with Crippen LogP contribution < -0.4 is 0 Å². The third-order valence-corrected chi connectivity index (χ3v) is 8.14. The Morgan fingerprint density at radius 2 is 1.34 bits per heavy atom. The summed E-state index contributed by atoms with van der Waals surface area (Å²) in [6.07, 6.45) is 2.91. The number of fused-ring (bicyclic) bond motifs is 1. The molecule has 258 valence electrons. The average Bonchev–Trinajstić information content (AvgIpc) is 3.10. The van der Waals surface area contributed by atoms with Crippen LogP contribution in [-0.2, 0) is 24.4 Å². The Bertz CT molecular complexity index is 2040. The molecule has 0 bridgehead atoms. The van der Waals surface area contributed by atoms with E-state index < -0.39 is 93.4 Å². The summed E-state index contributed by atoms with van der Waals surface area (Å²) >= 11 is 0. The number of rotatable bonds is 11. The number of carbonyl (C=O) groups is 4. The summed E-state index contributed by atoms with van der Waals surface area (Å²) in [6.45, 7) is -1.25. The molecule has 15 heteroatoms. The van der Waals surface area contributed by atoms with Crippen molar-refractivity contribution in [2.24, 2.45) is 5.16 Å². The molecule has 0 spiro atoms. The molecule has 3 N–H and O–H groups in total. The number of amides is 1. The number of halogens is 5. The van der Waals surface area contributed by atoms with Crippen LogP contribution in [0.4, 0.5) is 22.0 Å². The lowest BCUT2D eigenvalue weighted by molar-refractivity contribution is 0.0611. The summed E-state index contributed by atoms with van der Waals surface area (Å²) in [5.74, 6) is -16.6. The molecule has 50 heavy (non-hydrogen) atoms. The number of benzene rings is 4. The Morgan fingerprint density at radius 1 is 0.760 bits per heavy atom. The van der Waals surface area contributed by atoms with E-state index in [4.69, 9.17) is 4.84 Å². The van der Waals surface area contributed by atoms with Gasteiger partial charge in [-0.1, -0.05) is 47.6 Å². The number of oxime groups is 1. The van der Waals surface area contributed by atoms with Gasteiger partial charge in [-0.2, -0.15) is 0 Å². The molecule has 0 heterocycles. The monoisotopic (exact) mass is 696 g/mol. The van der Waals surface area contributed by atoms with Crippen LogP contribution in [0.2, 0.25) is 0 Å². The molecule has 0 fully saturated rings. The molecule has 5 rings (SSSR count). The zero-order valence-corrected chi connectivity index (χ0v) is 25.6.